The first-order chi connectivity index (χ1) is 17.3. The number of rotatable bonds is 7. The van der Waals surface area contributed by atoms with E-state index >= 15 is 0 Å². The first-order valence-electron chi connectivity index (χ1n) is 11.3. The fourth-order valence-corrected chi connectivity index (χ4v) is 7.23. The second-order valence-electron chi connectivity index (χ2n) is 8.51. The van der Waals surface area contributed by atoms with Gasteiger partial charge >= 0.3 is 0 Å². The van der Waals surface area contributed by atoms with Crippen LogP contribution >= 0.6 is 22.9 Å². The van der Waals surface area contributed by atoms with E-state index in [2.05, 4.69) is 4.98 Å². The number of hydrogen-bond acceptors (Lipinski definition) is 7. The molecule has 36 heavy (non-hydrogen) atoms. The Hall–Kier alpha value is -2.92. The van der Waals surface area contributed by atoms with E-state index in [0.717, 1.165) is 5.56 Å². The first kappa shape index (κ1) is 24.8. The van der Waals surface area contributed by atoms with Crippen LogP contribution in [0.1, 0.15) is 24.2 Å². The maximum atomic E-state index is 14.0. The topological polar surface area (TPSA) is 93.0 Å². The van der Waals surface area contributed by atoms with Crippen molar-refractivity contribution >= 4 is 54.2 Å². The molecule has 188 valence electrons. The molecule has 1 atom stereocenters. The van der Waals surface area contributed by atoms with E-state index in [9.17, 15) is 13.2 Å². The van der Waals surface area contributed by atoms with Crippen molar-refractivity contribution in [3.05, 3.63) is 71.1 Å². The quantitative estimate of drug-likeness (QED) is 0.315. The number of aromatic nitrogens is 1. The molecule has 0 aliphatic carbocycles. The fraction of sp³-hybridized carbons (Fsp3) is 0.280. The largest absolute Gasteiger partial charge is 0.494 e. The zero-order chi connectivity index (χ0) is 25.4. The number of carbonyl (C=O) groups excluding carboxylic acids is 1. The first-order valence-corrected chi connectivity index (χ1v) is 14.0. The highest BCUT2D eigenvalue weighted by molar-refractivity contribution is 7.89. The summed E-state index contributed by atoms with van der Waals surface area (Å²) in [7, 11) is -2.32. The maximum Gasteiger partial charge on any atom is 0.247 e. The van der Waals surface area contributed by atoms with Crippen molar-refractivity contribution in [1.82, 2.24) is 9.29 Å². The van der Waals surface area contributed by atoms with Gasteiger partial charge in [-0.05, 0) is 56.2 Å². The number of thiazole rings is 1. The summed E-state index contributed by atoms with van der Waals surface area (Å²) in [6.07, 6.45) is 2.52. The SMILES string of the molecule is COc1ccc(Cl)c2sc(N(Cc3ccco3)C(=O)C3CCCN3S(=O)(=O)c3ccc(C)cc3)nc12. The Labute approximate surface area is 218 Å². The van der Waals surface area contributed by atoms with Gasteiger partial charge in [0.25, 0.3) is 0 Å². The van der Waals surface area contributed by atoms with Crippen LogP contribution in [0, 0.1) is 6.92 Å². The number of ether oxygens (including phenoxy) is 1. The average molecular weight is 546 g/mol. The Balaban J connectivity index is 1.54. The van der Waals surface area contributed by atoms with Crippen LogP contribution in [0.25, 0.3) is 10.2 Å². The minimum Gasteiger partial charge on any atom is -0.494 e. The molecular weight excluding hydrogens is 522 g/mol. The number of methoxy groups -OCH3 is 1. The number of hydrogen-bond donors (Lipinski definition) is 0. The van der Waals surface area contributed by atoms with Gasteiger partial charge in [0.15, 0.2) is 5.13 Å². The number of anilines is 1. The van der Waals surface area contributed by atoms with Crippen LogP contribution in [-0.2, 0) is 21.4 Å². The van der Waals surface area contributed by atoms with Crippen LogP contribution in [0.4, 0.5) is 5.13 Å². The lowest BCUT2D eigenvalue weighted by Crippen LogP contribution is -2.47. The number of benzene rings is 2. The third-order valence-corrected chi connectivity index (χ3v) is 9.64. The Morgan fingerprint density at radius 2 is 2.03 bits per heavy atom. The lowest BCUT2D eigenvalue weighted by atomic mass is 10.2. The van der Waals surface area contributed by atoms with E-state index in [1.807, 2.05) is 6.92 Å². The van der Waals surface area contributed by atoms with Gasteiger partial charge in [-0.3, -0.25) is 9.69 Å². The molecule has 1 amide bonds. The van der Waals surface area contributed by atoms with Crippen LogP contribution in [-0.4, -0.2) is 43.3 Å². The Bertz CT molecular complexity index is 1500. The van der Waals surface area contributed by atoms with Gasteiger partial charge in [0.05, 0.1) is 34.5 Å². The van der Waals surface area contributed by atoms with E-state index in [4.69, 9.17) is 20.8 Å². The Morgan fingerprint density at radius 1 is 1.25 bits per heavy atom. The monoisotopic (exact) mass is 545 g/mol. The van der Waals surface area contributed by atoms with Crippen LogP contribution < -0.4 is 9.64 Å². The van der Waals surface area contributed by atoms with Crippen molar-refractivity contribution in [2.45, 2.75) is 37.2 Å². The number of sulfonamides is 1. The van der Waals surface area contributed by atoms with E-state index in [-0.39, 0.29) is 23.9 Å². The zero-order valence-corrected chi connectivity index (χ0v) is 22.1. The van der Waals surface area contributed by atoms with Crippen molar-refractivity contribution in [3.63, 3.8) is 0 Å². The lowest BCUT2D eigenvalue weighted by molar-refractivity contribution is -0.121. The number of halogens is 1. The summed E-state index contributed by atoms with van der Waals surface area (Å²) in [4.78, 5) is 20.3. The summed E-state index contributed by atoms with van der Waals surface area (Å²) in [5, 5.41) is 0.877. The fourth-order valence-electron chi connectivity index (χ4n) is 4.32. The minimum absolute atomic E-state index is 0.0977. The van der Waals surface area contributed by atoms with Crippen molar-refractivity contribution in [1.29, 1.82) is 0 Å². The molecule has 2 aromatic heterocycles. The van der Waals surface area contributed by atoms with E-state index < -0.39 is 16.1 Å². The van der Waals surface area contributed by atoms with Crippen LogP contribution in [0.5, 0.6) is 5.75 Å². The molecule has 1 fully saturated rings. The van der Waals surface area contributed by atoms with Gasteiger partial charge in [-0.25, -0.2) is 13.4 Å². The summed E-state index contributed by atoms with van der Waals surface area (Å²) in [6, 6.07) is 12.7. The highest BCUT2D eigenvalue weighted by Gasteiger charge is 2.42. The summed E-state index contributed by atoms with van der Waals surface area (Å²) < 4.78 is 39.9. The number of nitrogens with zero attached hydrogens (tertiary/aromatic N) is 3. The molecule has 0 spiro atoms. The van der Waals surface area contributed by atoms with E-state index in [0.29, 0.717) is 44.7 Å². The van der Waals surface area contributed by atoms with Gasteiger partial charge in [0.1, 0.15) is 23.1 Å². The van der Waals surface area contributed by atoms with E-state index in [1.165, 1.54) is 26.8 Å². The van der Waals surface area contributed by atoms with Gasteiger partial charge < -0.3 is 9.15 Å². The molecule has 0 N–H and O–H groups in total. The summed E-state index contributed by atoms with van der Waals surface area (Å²) in [6.45, 7) is 2.26. The van der Waals surface area contributed by atoms with Crippen molar-refractivity contribution < 1.29 is 22.4 Å². The van der Waals surface area contributed by atoms with Crippen molar-refractivity contribution in [2.75, 3.05) is 18.6 Å². The van der Waals surface area contributed by atoms with Gasteiger partial charge in [-0.1, -0.05) is 40.6 Å². The predicted molar refractivity (Wildman–Crippen MR) is 139 cm³/mol. The molecule has 1 aliphatic rings. The van der Waals surface area contributed by atoms with Crippen LogP contribution in [0.2, 0.25) is 5.02 Å². The minimum atomic E-state index is -3.87. The average Bonchev–Trinajstić information content (AvgIpc) is 3.64. The number of amides is 1. The van der Waals surface area contributed by atoms with Gasteiger partial charge in [-0.15, -0.1) is 0 Å². The number of carbonyl (C=O) groups is 1. The maximum absolute atomic E-state index is 14.0. The smallest absolute Gasteiger partial charge is 0.247 e. The highest BCUT2D eigenvalue weighted by Crippen LogP contribution is 2.40. The molecule has 11 heteroatoms. The molecular formula is C25H24ClN3O5S2. The molecule has 0 radical (unpaired) electrons. The standard InChI is InChI=1S/C25H24ClN3O5S2/c1-16-7-9-18(10-8-16)36(31,32)29-13-3-6-20(29)24(30)28(15-17-5-4-14-34-17)25-27-22-21(33-2)12-11-19(26)23(22)35-25/h4-5,7-12,14,20H,3,6,13,15H2,1-2H3. The van der Waals surface area contributed by atoms with Gasteiger partial charge in [0, 0.05) is 6.54 Å². The van der Waals surface area contributed by atoms with Crippen LogP contribution in [0.15, 0.2) is 64.1 Å². The van der Waals surface area contributed by atoms with Crippen molar-refractivity contribution in [3.8, 4) is 5.75 Å². The number of furan rings is 1. The summed E-state index contributed by atoms with van der Waals surface area (Å²) in [5.41, 5.74) is 1.50. The molecule has 0 bridgehead atoms. The van der Waals surface area contributed by atoms with Gasteiger partial charge in [0.2, 0.25) is 15.9 Å². The Kier molecular flexibility index (Phi) is 6.78. The van der Waals surface area contributed by atoms with Crippen molar-refractivity contribution in [2.24, 2.45) is 0 Å². The highest BCUT2D eigenvalue weighted by atomic mass is 35.5. The molecule has 5 rings (SSSR count). The molecule has 4 aromatic rings. The second-order valence-corrected chi connectivity index (χ2v) is 11.8. The summed E-state index contributed by atoms with van der Waals surface area (Å²) in [5.74, 6) is 0.715. The van der Waals surface area contributed by atoms with Gasteiger partial charge in [-0.2, -0.15) is 4.31 Å². The second kappa shape index (κ2) is 9.85. The predicted octanol–water partition coefficient (Wildman–Crippen LogP) is 5.25. The molecule has 8 nitrogen and oxygen atoms in total. The normalized spacial score (nSPS) is 16.5. The molecule has 1 aliphatic heterocycles. The lowest BCUT2D eigenvalue weighted by Gasteiger charge is -2.28. The van der Waals surface area contributed by atoms with E-state index in [1.54, 1.807) is 55.6 Å². The van der Waals surface area contributed by atoms with Crippen LogP contribution in [0.3, 0.4) is 0 Å². The third-order valence-electron chi connectivity index (χ3n) is 6.17. The molecule has 3 heterocycles. The molecule has 1 unspecified atom stereocenters. The third kappa shape index (κ3) is 4.50. The molecule has 1 saturated heterocycles. The number of fused-ring (bicyclic) bond motifs is 1. The summed E-state index contributed by atoms with van der Waals surface area (Å²) >= 11 is 7.67. The Morgan fingerprint density at radius 3 is 2.72 bits per heavy atom. The zero-order valence-electron chi connectivity index (χ0n) is 19.7. The molecule has 0 saturated carbocycles. The molecule has 2 aromatic carbocycles. The number of aryl methyl sites for hydroxylation is 1.